The van der Waals surface area contributed by atoms with Crippen LogP contribution in [0, 0.1) is 0 Å². The molecule has 1 fully saturated rings. The van der Waals surface area contributed by atoms with Crippen LogP contribution in [-0.2, 0) is 16.1 Å². The van der Waals surface area contributed by atoms with Crippen LogP contribution in [0.15, 0.2) is 76.0 Å². The van der Waals surface area contributed by atoms with Gasteiger partial charge in [-0.15, -0.1) is 11.3 Å². The fourth-order valence-corrected chi connectivity index (χ4v) is 5.88. The van der Waals surface area contributed by atoms with Crippen molar-refractivity contribution >= 4 is 39.2 Å². The number of nitrogens with one attached hydrogen (secondary N) is 1. The van der Waals surface area contributed by atoms with Gasteiger partial charge in [0, 0.05) is 24.1 Å². The van der Waals surface area contributed by atoms with E-state index in [2.05, 4.69) is 5.32 Å². The van der Waals surface area contributed by atoms with Crippen LogP contribution < -0.4 is 10.9 Å². The largest absolute Gasteiger partial charge is 0.376 e. The molecule has 3 heterocycles. The molecule has 1 unspecified atom stereocenters. The van der Waals surface area contributed by atoms with Crippen molar-refractivity contribution in [2.45, 2.75) is 30.6 Å². The first-order valence-corrected chi connectivity index (χ1v) is 13.2. The van der Waals surface area contributed by atoms with E-state index in [-0.39, 0.29) is 23.3 Å². The van der Waals surface area contributed by atoms with E-state index in [1.165, 1.54) is 23.1 Å². The lowest BCUT2D eigenvalue weighted by molar-refractivity contribution is -0.119. The fraction of sp³-hybridized carbons (Fsp3) is 0.269. The number of thiophene rings is 1. The standard InChI is InChI=1S/C26H25N3O3S2/c30-22(27-14-20-12-7-13-32-20)17-34-26-28-24-23(21(16-33-24)19-10-5-2-6-11-19)25(31)29(26)15-18-8-3-1-4-9-18/h1-6,8-11,16,20H,7,12-15,17H2,(H,27,30). The van der Waals surface area contributed by atoms with Gasteiger partial charge in [0.1, 0.15) is 4.83 Å². The number of nitrogens with zero attached hydrogens (tertiary/aromatic N) is 2. The molecule has 4 aromatic rings. The molecule has 174 valence electrons. The van der Waals surface area contributed by atoms with Crippen molar-refractivity contribution in [3.8, 4) is 11.1 Å². The number of thioether (sulfide) groups is 1. The number of hydrogen-bond acceptors (Lipinski definition) is 6. The molecule has 34 heavy (non-hydrogen) atoms. The third-order valence-corrected chi connectivity index (χ3v) is 7.66. The van der Waals surface area contributed by atoms with Gasteiger partial charge in [-0.1, -0.05) is 72.4 Å². The summed E-state index contributed by atoms with van der Waals surface area (Å²) in [5.41, 5.74) is 2.81. The average Bonchev–Trinajstić information content (AvgIpc) is 3.55. The summed E-state index contributed by atoms with van der Waals surface area (Å²) >= 11 is 2.76. The second kappa shape index (κ2) is 10.5. The van der Waals surface area contributed by atoms with Crippen molar-refractivity contribution in [3.63, 3.8) is 0 Å². The summed E-state index contributed by atoms with van der Waals surface area (Å²) in [5, 5.41) is 6.11. The molecule has 1 atom stereocenters. The Hall–Kier alpha value is -2.94. The normalized spacial score (nSPS) is 15.6. The molecular formula is C26H25N3O3S2. The number of carbonyl (C=O) groups excluding carboxylic acids is 1. The van der Waals surface area contributed by atoms with Gasteiger partial charge in [-0.2, -0.15) is 0 Å². The van der Waals surface area contributed by atoms with Crippen LogP contribution in [0.1, 0.15) is 18.4 Å². The van der Waals surface area contributed by atoms with Gasteiger partial charge in [0.05, 0.1) is 23.8 Å². The molecule has 6 nitrogen and oxygen atoms in total. The number of rotatable bonds is 8. The van der Waals surface area contributed by atoms with E-state index >= 15 is 0 Å². The number of fused-ring (bicyclic) bond motifs is 1. The van der Waals surface area contributed by atoms with Gasteiger partial charge in [0.2, 0.25) is 5.91 Å². The predicted octanol–water partition coefficient (Wildman–Crippen LogP) is 4.56. The maximum absolute atomic E-state index is 13.8. The van der Waals surface area contributed by atoms with Gasteiger partial charge in [-0.3, -0.25) is 14.2 Å². The summed E-state index contributed by atoms with van der Waals surface area (Å²) < 4.78 is 7.27. The molecule has 1 saturated heterocycles. The van der Waals surface area contributed by atoms with Gasteiger partial charge in [-0.05, 0) is 24.0 Å². The fourth-order valence-electron chi connectivity index (χ4n) is 4.07. The van der Waals surface area contributed by atoms with Crippen molar-refractivity contribution < 1.29 is 9.53 Å². The molecule has 2 aromatic heterocycles. The zero-order chi connectivity index (χ0) is 23.3. The van der Waals surface area contributed by atoms with Crippen molar-refractivity contribution in [3.05, 3.63) is 82.0 Å². The molecule has 1 N–H and O–H groups in total. The lowest BCUT2D eigenvalue weighted by Crippen LogP contribution is -2.33. The second-order valence-electron chi connectivity index (χ2n) is 8.19. The minimum absolute atomic E-state index is 0.0859. The Morgan fingerprint density at radius 1 is 1.15 bits per heavy atom. The SMILES string of the molecule is O=C(CSc1nc2scc(-c3ccccc3)c2c(=O)n1Cc1ccccc1)NCC1CCCO1. The first-order chi connectivity index (χ1) is 16.7. The van der Waals surface area contributed by atoms with Crippen molar-refractivity contribution in [2.24, 2.45) is 0 Å². The molecule has 1 amide bonds. The zero-order valence-corrected chi connectivity index (χ0v) is 20.2. The molecule has 8 heteroatoms. The van der Waals surface area contributed by atoms with E-state index in [1.54, 1.807) is 4.57 Å². The average molecular weight is 492 g/mol. The zero-order valence-electron chi connectivity index (χ0n) is 18.6. The maximum atomic E-state index is 13.8. The predicted molar refractivity (Wildman–Crippen MR) is 138 cm³/mol. The quantitative estimate of drug-likeness (QED) is 0.289. The molecule has 1 aliphatic rings. The smallest absolute Gasteiger partial charge is 0.263 e. The van der Waals surface area contributed by atoms with Crippen LogP contribution in [0.4, 0.5) is 0 Å². The summed E-state index contributed by atoms with van der Waals surface area (Å²) in [6.45, 7) is 1.68. The third-order valence-electron chi connectivity index (χ3n) is 5.81. The Morgan fingerprint density at radius 3 is 2.65 bits per heavy atom. The highest BCUT2D eigenvalue weighted by atomic mass is 32.2. The van der Waals surface area contributed by atoms with Gasteiger partial charge in [0.25, 0.3) is 5.56 Å². The first-order valence-electron chi connectivity index (χ1n) is 11.3. The first kappa shape index (κ1) is 22.8. The highest BCUT2D eigenvalue weighted by molar-refractivity contribution is 7.99. The monoisotopic (exact) mass is 491 g/mol. The van der Waals surface area contributed by atoms with E-state index in [0.717, 1.165) is 36.1 Å². The number of benzene rings is 2. The molecule has 1 aliphatic heterocycles. The summed E-state index contributed by atoms with van der Waals surface area (Å²) in [6, 6.07) is 19.7. The maximum Gasteiger partial charge on any atom is 0.263 e. The van der Waals surface area contributed by atoms with Crippen LogP contribution in [0.25, 0.3) is 21.3 Å². The molecule has 0 saturated carbocycles. The summed E-state index contributed by atoms with van der Waals surface area (Å²) in [7, 11) is 0. The van der Waals surface area contributed by atoms with Crippen molar-refractivity contribution in [1.29, 1.82) is 0 Å². The molecular weight excluding hydrogens is 466 g/mol. The molecule has 0 spiro atoms. The Morgan fingerprint density at radius 2 is 1.91 bits per heavy atom. The summed E-state index contributed by atoms with van der Waals surface area (Å²) in [6.07, 6.45) is 2.11. The lowest BCUT2D eigenvalue weighted by Gasteiger charge is -2.14. The van der Waals surface area contributed by atoms with Crippen molar-refractivity contribution in [1.82, 2.24) is 14.9 Å². The van der Waals surface area contributed by atoms with Gasteiger partial charge in [-0.25, -0.2) is 4.98 Å². The van der Waals surface area contributed by atoms with Crippen LogP contribution >= 0.6 is 23.1 Å². The van der Waals surface area contributed by atoms with E-state index in [0.29, 0.717) is 28.5 Å². The van der Waals surface area contributed by atoms with Gasteiger partial charge >= 0.3 is 0 Å². The molecule has 2 aromatic carbocycles. The van der Waals surface area contributed by atoms with Crippen LogP contribution in [0.3, 0.4) is 0 Å². The highest BCUT2D eigenvalue weighted by Crippen LogP contribution is 2.32. The molecule has 0 bridgehead atoms. The minimum atomic E-state index is -0.0868. The minimum Gasteiger partial charge on any atom is -0.376 e. The topological polar surface area (TPSA) is 73.2 Å². The Bertz CT molecular complexity index is 1330. The van der Waals surface area contributed by atoms with Gasteiger partial charge < -0.3 is 10.1 Å². The second-order valence-corrected chi connectivity index (χ2v) is 10.00. The van der Waals surface area contributed by atoms with Gasteiger partial charge in [0.15, 0.2) is 5.16 Å². The van der Waals surface area contributed by atoms with E-state index in [1.807, 2.05) is 66.0 Å². The number of carbonyl (C=O) groups is 1. The Balaban J connectivity index is 1.45. The van der Waals surface area contributed by atoms with E-state index < -0.39 is 0 Å². The third kappa shape index (κ3) is 5.09. The summed E-state index contributed by atoms with van der Waals surface area (Å²) in [5.74, 6) is 0.105. The van der Waals surface area contributed by atoms with Crippen LogP contribution in [-0.4, -0.2) is 40.5 Å². The summed E-state index contributed by atoms with van der Waals surface area (Å²) in [4.78, 5) is 31.8. The number of ether oxygens (including phenoxy) is 1. The molecule has 5 rings (SSSR count). The molecule has 0 aliphatic carbocycles. The Labute approximate surface area is 206 Å². The van der Waals surface area contributed by atoms with Crippen molar-refractivity contribution in [2.75, 3.05) is 18.9 Å². The van der Waals surface area contributed by atoms with E-state index in [4.69, 9.17) is 9.72 Å². The number of aromatic nitrogens is 2. The van der Waals surface area contributed by atoms with E-state index in [9.17, 15) is 9.59 Å². The highest BCUT2D eigenvalue weighted by Gasteiger charge is 2.20. The van der Waals surface area contributed by atoms with Crippen LogP contribution in [0.5, 0.6) is 0 Å². The number of hydrogen-bond donors (Lipinski definition) is 1. The molecule has 0 radical (unpaired) electrons. The number of amides is 1. The van der Waals surface area contributed by atoms with Crippen LogP contribution in [0.2, 0.25) is 0 Å². The lowest BCUT2D eigenvalue weighted by atomic mass is 10.1. The Kier molecular flexibility index (Phi) is 7.08.